The molecular formula is C55H64N4O14. The van der Waals surface area contributed by atoms with E-state index in [1.165, 1.54) is 6.92 Å². The van der Waals surface area contributed by atoms with Gasteiger partial charge in [-0.2, -0.15) is 0 Å². The van der Waals surface area contributed by atoms with Crippen molar-refractivity contribution in [2.24, 2.45) is 5.11 Å². The smallest absolute Gasteiger partial charge is 0.217 e. The SMILES string of the molecule is CC(=O)N[C@@H]1[C@@H](OC2OC(COCc3ccccc3)C(O)C(O)C2O)[C@H](O[C@@H]2O[C@@H](C)[C@@H](OCc3ccccc3)[C@@H](OCc3ccccc3)[C@@H]2OCc2ccccc2)[C@@H](COCc2ccccc2)O[C@H]1N=[N+]=[N-]. The maximum Gasteiger partial charge on any atom is 0.217 e. The molecule has 0 radical (unpaired) electrons. The maximum atomic E-state index is 13.1. The van der Waals surface area contributed by atoms with Crippen molar-refractivity contribution in [2.75, 3.05) is 13.2 Å². The lowest BCUT2D eigenvalue weighted by Gasteiger charge is -2.51. The molecule has 5 aromatic rings. The Balaban J connectivity index is 1.16. The summed E-state index contributed by atoms with van der Waals surface area (Å²) in [5, 5.41) is 40.8. The van der Waals surface area contributed by atoms with Gasteiger partial charge in [-0.3, -0.25) is 4.79 Å². The zero-order valence-corrected chi connectivity index (χ0v) is 40.7. The number of carbonyl (C=O) groups excluding carboxylic acids is 1. The van der Waals surface area contributed by atoms with Crippen molar-refractivity contribution < 1.29 is 67.5 Å². The third-order valence-electron chi connectivity index (χ3n) is 12.8. The van der Waals surface area contributed by atoms with Gasteiger partial charge in [-0.1, -0.05) is 157 Å². The van der Waals surface area contributed by atoms with E-state index in [4.69, 9.17) is 47.4 Å². The molecule has 0 saturated carbocycles. The van der Waals surface area contributed by atoms with Gasteiger partial charge in [-0.05, 0) is 40.3 Å². The van der Waals surface area contributed by atoms with Crippen molar-refractivity contribution in [3.05, 3.63) is 190 Å². The highest BCUT2D eigenvalue weighted by atomic mass is 16.8. The van der Waals surface area contributed by atoms with Crippen molar-refractivity contribution in [1.82, 2.24) is 5.32 Å². The number of amides is 1. The van der Waals surface area contributed by atoms with Crippen LogP contribution in [0.2, 0.25) is 0 Å². The molecule has 3 aliphatic heterocycles. The summed E-state index contributed by atoms with van der Waals surface area (Å²) < 4.78 is 66.1. The number of azide groups is 1. The number of hydrogen-bond acceptors (Lipinski definition) is 15. The molecule has 0 aromatic heterocycles. The molecule has 5 aromatic carbocycles. The molecule has 3 heterocycles. The lowest BCUT2D eigenvalue weighted by atomic mass is 9.93. The second kappa shape index (κ2) is 27.1. The standard InChI is InChI=1S/C55H64N4O14/c1-35-48(66-30-39-22-12-5-13-23-39)51(67-31-40-24-14-6-15-25-40)52(68-32-41-26-16-7-17-27-41)55(69-35)72-49-43(34-65-29-38-20-10-4-11-21-38)70-53(58-59-56)44(57-36(2)60)50(49)73-54-47(63)46(62)45(61)42(71-54)33-64-28-37-18-8-3-9-19-37/h3-27,35,42-55,61-63H,28-34H2,1-2H3,(H,57,60)/t35-,42?,43+,44+,45?,46?,47?,48+,49+,50+,51+,52-,53+,54?,55-/m0/s1. The van der Waals surface area contributed by atoms with E-state index in [0.29, 0.717) is 0 Å². The summed E-state index contributed by atoms with van der Waals surface area (Å²) in [7, 11) is 0. The van der Waals surface area contributed by atoms with Crippen LogP contribution < -0.4 is 5.32 Å². The Morgan fingerprint density at radius 2 is 0.973 bits per heavy atom. The molecule has 15 atom stereocenters. The van der Waals surface area contributed by atoms with Crippen LogP contribution in [0.25, 0.3) is 10.4 Å². The minimum atomic E-state index is -1.83. The molecule has 8 rings (SSSR count). The van der Waals surface area contributed by atoms with E-state index in [1.807, 2.05) is 159 Å². The minimum absolute atomic E-state index is 0.105. The number of nitrogens with one attached hydrogen (secondary N) is 1. The summed E-state index contributed by atoms with van der Waals surface area (Å²) in [6.07, 6.45) is -17.9. The second-order valence-corrected chi connectivity index (χ2v) is 18.2. The summed E-state index contributed by atoms with van der Waals surface area (Å²) >= 11 is 0. The Morgan fingerprint density at radius 1 is 0.534 bits per heavy atom. The van der Waals surface area contributed by atoms with Gasteiger partial charge in [0.1, 0.15) is 61.0 Å². The van der Waals surface area contributed by atoms with Crippen LogP contribution in [0.4, 0.5) is 0 Å². The molecule has 5 unspecified atom stereocenters. The van der Waals surface area contributed by atoms with E-state index >= 15 is 0 Å². The van der Waals surface area contributed by atoms with Gasteiger partial charge < -0.3 is 68.0 Å². The summed E-state index contributed by atoms with van der Waals surface area (Å²) in [5.41, 5.74) is 14.3. The highest BCUT2D eigenvalue weighted by Crippen LogP contribution is 2.37. The molecule has 18 nitrogen and oxygen atoms in total. The Labute approximate surface area is 424 Å². The number of benzene rings is 5. The molecule has 73 heavy (non-hydrogen) atoms. The van der Waals surface area contributed by atoms with E-state index in [-0.39, 0.29) is 46.2 Å². The molecule has 18 heteroatoms. The lowest BCUT2D eigenvalue weighted by Crippen LogP contribution is -2.69. The number of hydrogen-bond donors (Lipinski definition) is 4. The van der Waals surface area contributed by atoms with E-state index in [9.17, 15) is 25.6 Å². The fourth-order valence-electron chi connectivity index (χ4n) is 9.11. The fraction of sp³-hybridized carbons (Fsp3) is 0.436. The van der Waals surface area contributed by atoms with Crippen LogP contribution in [0.1, 0.15) is 41.7 Å². The number of rotatable bonds is 23. The molecular weight excluding hydrogens is 941 g/mol. The monoisotopic (exact) mass is 1000 g/mol. The fourth-order valence-corrected chi connectivity index (χ4v) is 9.11. The Hall–Kier alpha value is -5.64. The molecule has 3 aliphatic rings. The van der Waals surface area contributed by atoms with Gasteiger partial charge in [-0.25, -0.2) is 0 Å². The Bertz CT molecular complexity index is 2450. The number of carbonyl (C=O) groups is 1. The molecule has 0 aliphatic carbocycles. The van der Waals surface area contributed by atoms with Crippen molar-refractivity contribution in [3.63, 3.8) is 0 Å². The number of aliphatic hydroxyl groups excluding tert-OH is 3. The first-order chi connectivity index (χ1) is 35.6. The third kappa shape index (κ3) is 14.8. The highest BCUT2D eigenvalue weighted by Gasteiger charge is 2.55. The normalized spacial score (nSPS) is 30.2. The molecule has 4 N–H and O–H groups in total. The van der Waals surface area contributed by atoms with Gasteiger partial charge >= 0.3 is 0 Å². The summed E-state index contributed by atoms with van der Waals surface area (Å²) in [5.74, 6) is -0.551. The van der Waals surface area contributed by atoms with Gasteiger partial charge in [0, 0.05) is 11.8 Å². The zero-order valence-electron chi connectivity index (χ0n) is 40.7. The van der Waals surface area contributed by atoms with Crippen molar-refractivity contribution >= 4 is 5.91 Å². The Morgan fingerprint density at radius 3 is 1.45 bits per heavy atom. The van der Waals surface area contributed by atoms with Crippen molar-refractivity contribution in [1.29, 1.82) is 0 Å². The summed E-state index contributed by atoms with van der Waals surface area (Å²) in [6.45, 7) is 3.56. The van der Waals surface area contributed by atoms with Crippen LogP contribution in [0.3, 0.4) is 0 Å². The largest absolute Gasteiger partial charge is 0.387 e. The third-order valence-corrected chi connectivity index (χ3v) is 12.8. The highest BCUT2D eigenvalue weighted by molar-refractivity contribution is 5.73. The molecule has 3 saturated heterocycles. The van der Waals surface area contributed by atoms with Crippen LogP contribution in [0.5, 0.6) is 0 Å². The van der Waals surface area contributed by atoms with Crippen LogP contribution in [0.15, 0.2) is 157 Å². The first-order valence-electron chi connectivity index (χ1n) is 24.5. The van der Waals surface area contributed by atoms with E-state index in [0.717, 1.165) is 27.8 Å². The van der Waals surface area contributed by atoms with Gasteiger partial charge in [0.05, 0.1) is 58.4 Å². The van der Waals surface area contributed by atoms with Crippen LogP contribution in [-0.2, 0) is 85.2 Å². The second-order valence-electron chi connectivity index (χ2n) is 18.2. The first kappa shape index (κ1) is 53.6. The van der Waals surface area contributed by atoms with Crippen LogP contribution in [0, 0.1) is 0 Å². The van der Waals surface area contributed by atoms with Gasteiger partial charge in [-0.15, -0.1) is 0 Å². The average Bonchev–Trinajstić information content (AvgIpc) is 3.41. The van der Waals surface area contributed by atoms with E-state index < -0.39 is 97.9 Å². The van der Waals surface area contributed by atoms with Crippen LogP contribution >= 0.6 is 0 Å². The van der Waals surface area contributed by atoms with Gasteiger partial charge in [0.2, 0.25) is 5.91 Å². The number of ether oxygens (including phenoxy) is 10. The molecule has 0 bridgehead atoms. The Kier molecular flexibility index (Phi) is 19.9. The summed E-state index contributed by atoms with van der Waals surface area (Å²) in [4.78, 5) is 16.2. The topological polar surface area (TPSA) is 231 Å². The molecule has 3 fully saturated rings. The average molecular weight is 1010 g/mol. The van der Waals surface area contributed by atoms with Crippen molar-refractivity contribution in [3.8, 4) is 0 Å². The predicted octanol–water partition coefficient (Wildman–Crippen LogP) is 6.04. The van der Waals surface area contributed by atoms with E-state index in [1.54, 1.807) is 0 Å². The molecule has 1 amide bonds. The van der Waals surface area contributed by atoms with Crippen LogP contribution in [-0.4, -0.2) is 126 Å². The van der Waals surface area contributed by atoms with Gasteiger partial charge in [0.25, 0.3) is 0 Å². The van der Waals surface area contributed by atoms with Crippen molar-refractivity contribution in [2.45, 2.75) is 139 Å². The quantitative estimate of drug-likeness (QED) is 0.0332. The predicted molar refractivity (Wildman–Crippen MR) is 263 cm³/mol. The molecule has 0 spiro atoms. The first-order valence-corrected chi connectivity index (χ1v) is 24.5. The lowest BCUT2D eigenvalue weighted by molar-refractivity contribution is -0.369. The number of aliphatic hydroxyl groups is 3. The maximum absolute atomic E-state index is 13.1. The summed E-state index contributed by atoms with van der Waals surface area (Å²) in [6, 6.07) is 46.5. The molecule has 388 valence electrons. The van der Waals surface area contributed by atoms with Gasteiger partial charge in [0.15, 0.2) is 18.8 Å². The minimum Gasteiger partial charge on any atom is -0.387 e. The van der Waals surface area contributed by atoms with E-state index in [2.05, 4.69) is 15.3 Å². The zero-order chi connectivity index (χ0) is 50.9. The number of nitrogens with zero attached hydrogens (tertiary/aromatic N) is 3.